The van der Waals surface area contributed by atoms with Gasteiger partial charge in [-0.2, -0.15) is 0 Å². The average molecular weight is 294 g/mol. The molecule has 0 aliphatic heterocycles. The van der Waals surface area contributed by atoms with Gasteiger partial charge in [0.25, 0.3) is 5.91 Å². The zero-order chi connectivity index (χ0) is 14.5. The number of nitrogens with zero attached hydrogens (tertiary/aromatic N) is 1. The van der Waals surface area contributed by atoms with E-state index in [4.69, 9.17) is 9.15 Å². The van der Waals surface area contributed by atoms with Crippen molar-refractivity contribution in [3.8, 4) is 0 Å². The van der Waals surface area contributed by atoms with Crippen molar-refractivity contribution in [3.63, 3.8) is 0 Å². The standard InChI is InChI=1S/C13H14N2O4S/c1-3-18-13(17)12-15-10(7-20-12)11(16)14-6-9-5-4-8(2)19-9/h4-5,7H,3,6H2,1-2H3,(H,14,16). The fourth-order valence-corrected chi connectivity index (χ4v) is 2.19. The van der Waals surface area contributed by atoms with Crippen LogP contribution in [-0.2, 0) is 11.3 Å². The summed E-state index contributed by atoms with van der Waals surface area (Å²) in [7, 11) is 0. The highest BCUT2D eigenvalue weighted by Crippen LogP contribution is 2.12. The lowest BCUT2D eigenvalue weighted by atomic mass is 10.4. The second-order valence-corrected chi connectivity index (χ2v) is 4.81. The molecule has 0 aliphatic rings. The molecule has 6 nitrogen and oxygen atoms in total. The van der Waals surface area contributed by atoms with Gasteiger partial charge in [-0.1, -0.05) is 0 Å². The molecule has 1 N–H and O–H groups in total. The maximum absolute atomic E-state index is 11.9. The van der Waals surface area contributed by atoms with E-state index in [0.717, 1.165) is 17.1 Å². The van der Waals surface area contributed by atoms with Crippen LogP contribution in [0.3, 0.4) is 0 Å². The van der Waals surface area contributed by atoms with E-state index in [2.05, 4.69) is 10.3 Å². The summed E-state index contributed by atoms with van der Waals surface area (Å²) in [5, 5.41) is 4.37. The molecule has 2 heterocycles. The van der Waals surface area contributed by atoms with E-state index in [9.17, 15) is 9.59 Å². The Labute approximate surface area is 119 Å². The Morgan fingerprint density at radius 2 is 2.25 bits per heavy atom. The van der Waals surface area contributed by atoms with Crippen LogP contribution in [0.25, 0.3) is 0 Å². The van der Waals surface area contributed by atoms with Gasteiger partial charge in [0.1, 0.15) is 17.2 Å². The van der Waals surface area contributed by atoms with Crippen LogP contribution in [0.15, 0.2) is 21.9 Å². The van der Waals surface area contributed by atoms with Gasteiger partial charge in [0.05, 0.1) is 13.2 Å². The van der Waals surface area contributed by atoms with E-state index in [-0.39, 0.29) is 29.8 Å². The zero-order valence-corrected chi connectivity index (χ0v) is 12.0. The summed E-state index contributed by atoms with van der Waals surface area (Å²) in [6.07, 6.45) is 0. The lowest BCUT2D eigenvalue weighted by Crippen LogP contribution is -2.23. The molecular weight excluding hydrogens is 280 g/mol. The fraction of sp³-hybridized carbons (Fsp3) is 0.308. The average Bonchev–Trinajstić information content (AvgIpc) is 3.05. The van der Waals surface area contributed by atoms with Crippen LogP contribution in [0.2, 0.25) is 0 Å². The molecule has 0 radical (unpaired) electrons. The molecule has 7 heteroatoms. The fourth-order valence-electron chi connectivity index (χ4n) is 1.50. The highest BCUT2D eigenvalue weighted by Gasteiger charge is 2.16. The molecule has 2 rings (SSSR count). The first-order valence-electron chi connectivity index (χ1n) is 6.06. The largest absolute Gasteiger partial charge is 0.465 e. The second kappa shape index (κ2) is 6.33. The molecule has 2 aromatic heterocycles. The van der Waals surface area contributed by atoms with Crippen LogP contribution in [0.5, 0.6) is 0 Å². The Morgan fingerprint density at radius 1 is 1.45 bits per heavy atom. The van der Waals surface area contributed by atoms with Crippen LogP contribution in [-0.4, -0.2) is 23.5 Å². The minimum absolute atomic E-state index is 0.172. The van der Waals surface area contributed by atoms with E-state index in [1.54, 1.807) is 13.0 Å². The van der Waals surface area contributed by atoms with Crippen molar-refractivity contribution in [3.05, 3.63) is 39.7 Å². The first-order valence-corrected chi connectivity index (χ1v) is 6.94. The van der Waals surface area contributed by atoms with Gasteiger partial charge in [-0.25, -0.2) is 9.78 Å². The molecule has 0 atom stereocenters. The Hall–Kier alpha value is -2.15. The van der Waals surface area contributed by atoms with E-state index in [1.807, 2.05) is 13.0 Å². The minimum Gasteiger partial charge on any atom is -0.465 e. The van der Waals surface area contributed by atoms with E-state index < -0.39 is 5.97 Å². The number of carbonyl (C=O) groups excluding carboxylic acids is 2. The molecule has 2 aromatic rings. The number of aryl methyl sites for hydroxylation is 1. The Balaban J connectivity index is 1.94. The van der Waals surface area contributed by atoms with Crippen molar-refractivity contribution >= 4 is 23.2 Å². The second-order valence-electron chi connectivity index (χ2n) is 3.95. The van der Waals surface area contributed by atoms with Crippen molar-refractivity contribution < 1.29 is 18.7 Å². The molecule has 0 saturated carbocycles. The molecule has 0 aromatic carbocycles. The topological polar surface area (TPSA) is 81.4 Å². The van der Waals surface area contributed by atoms with Crippen LogP contribution in [0.4, 0.5) is 0 Å². The van der Waals surface area contributed by atoms with Gasteiger partial charge in [-0.3, -0.25) is 4.79 Å². The van der Waals surface area contributed by atoms with Gasteiger partial charge in [0.15, 0.2) is 0 Å². The van der Waals surface area contributed by atoms with Crippen molar-refractivity contribution in [2.75, 3.05) is 6.61 Å². The molecular formula is C13H14N2O4S. The molecule has 106 valence electrons. The minimum atomic E-state index is -0.516. The number of furan rings is 1. The molecule has 0 aliphatic carbocycles. The number of nitrogens with one attached hydrogen (secondary N) is 1. The van der Waals surface area contributed by atoms with Gasteiger partial charge in [-0.05, 0) is 26.0 Å². The lowest BCUT2D eigenvalue weighted by molar-refractivity contribution is 0.0526. The zero-order valence-electron chi connectivity index (χ0n) is 11.1. The van der Waals surface area contributed by atoms with Crippen LogP contribution in [0.1, 0.15) is 38.7 Å². The number of thiazole rings is 1. The maximum atomic E-state index is 11.9. The van der Waals surface area contributed by atoms with Gasteiger partial charge in [-0.15, -0.1) is 11.3 Å². The summed E-state index contributed by atoms with van der Waals surface area (Å²) >= 11 is 1.08. The van der Waals surface area contributed by atoms with E-state index >= 15 is 0 Å². The normalized spacial score (nSPS) is 10.3. The molecule has 0 fully saturated rings. The highest BCUT2D eigenvalue weighted by molar-refractivity contribution is 7.11. The summed E-state index contributed by atoms with van der Waals surface area (Å²) in [5.41, 5.74) is 0.196. The number of esters is 1. The first-order chi connectivity index (χ1) is 9.60. The molecule has 0 unspecified atom stereocenters. The summed E-state index contributed by atoms with van der Waals surface area (Å²) in [6.45, 7) is 4.10. The SMILES string of the molecule is CCOC(=O)c1nc(C(=O)NCc2ccc(C)o2)cs1. The number of carbonyl (C=O) groups is 2. The summed E-state index contributed by atoms with van der Waals surface area (Å²) in [5.74, 6) is 0.577. The van der Waals surface area contributed by atoms with Gasteiger partial charge in [0.2, 0.25) is 5.01 Å². The number of ether oxygens (including phenoxy) is 1. The third-order valence-corrected chi connectivity index (χ3v) is 3.23. The molecule has 1 amide bonds. The molecule has 0 saturated heterocycles. The Morgan fingerprint density at radius 3 is 2.90 bits per heavy atom. The highest BCUT2D eigenvalue weighted by atomic mass is 32.1. The van der Waals surface area contributed by atoms with Crippen molar-refractivity contribution in [1.29, 1.82) is 0 Å². The van der Waals surface area contributed by atoms with Crippen molar-refractivity contribution in [1.82, 2.24) is 10.3 Å². The number of hydrogen-bond donors (Lipinski definition) is 1. The number of rotatable bonds is 5. The summed E-state index contributed by atoms with van der Waals surface area (Å²) < 4.78 is 10.2. The lowest BCUT2D eigenvalue weighted by Gasteiger charge is -2.00. The predicted octanol–water partition coefficient (Wildman–Crippen LogP) is 2.15. The first kappa shape index (κ1) is 14.3. The number of hydrogen-bond acceptors (Lipinski definition) is 6. The van der Waals surface area contributed by atoms with E-state index in [0.29, 0.717) is 5.76 Å². The van der Waals surface area contributed by atoms with Crippen LogP contribution >= 0.6 is 11.3 Å². The van der Waals surface area contributed by atoms with Crippen molar-refractivity contribution in [2.24, 2.45) is 0 Å². The Bertz CT molecular complexity index is 617. The van der Waals surface area contributed by atoms with Crippen LogP contribution in [0, 0.1) is 6.92 Å². The summed E-state index contributed by atoms with van der Waals surface area (Å²) in [4.78, 5) is 27.2. The van der Waals surface area contributed by atoms with Gasteiger partial charge < -0.3 is 14.5 Å². The maximum Gasteiger partial charge on any atom is 0.367 e. The summed E-state index contributed by atoms with van der Waals surface area (Å²) in [6, 6.07) is 3.61. The quantitative estimate of drug-likeness (QED) is 0.854. The third kappa shape index (κ3) is 3.45. The van der Waals surface area contributed by atoms with Gasteiger partial charge in [0, 0.05) is 5.38 Å². The number of aromatic nitrogens is 1. The molecule has 20 heavy (non-hydrogen) atoms. The van der Waals surface area contributed by atoms with Crippen molar-refractivity contribution in [2.45, 2.75) is 20.4 Å². The molecule has 0 bridgehead atoms. The smallest absolute Gasteiger partial charge is 0.367 e. The third-order valence-electron chi connectivity index (χ3n) is 2.41. The van der Waals surface area contributed by atoms with E-state index in [1.165, 1.54) is 5.38 Å². The van der Waals surface area contributed by atoms with Crippen LogP contribution < -0.4 is 5.32 Å². The number of amides is 1. The predicted molar refractivity (Wildman–Crippen MR) is 72.7 cm³/mol. The van der Waals surface area contributed by atoms with Gasteiger partial charge >= 0.3 is 5.97 Å². The Kier molecular flexibility index (Phi) is 4.52. The molecule has 0 spiro atoms. The monoisotopic (exact) mass is 294 g/mol.